The van der Waals surface area contributed by atoms with E-state index >= 15 is 8.78 Å². The summed E-state index contributed by atoms with van der Waals surface area (Å²) in [6.07, 6.45) is 15.2. The molecule has 0 aliphatic heterocycles. The zero-order valence-electron chi connectivity index (χ0n) is 26.2. The minimum absolute atomic E-state index is 0.0247. The van der Waals surface area contributed by atoms with Gasteiger partial charge in [0.15, 0.2) is 11.6 Å². The molecule has 2 nitrogen and oxygen atoms in total. The summed E-state index contributed by atoms with van der Waals surface area (Å²) in [6, 6.07) is 7.08. The van der Waals surface area contributed by atoms with Crippen molar-refractivity contribution in [3.05, 3.63) is 48.0 Å². The molecule has 7 heteroatoms. The van der Waals surface area contributed by atoms with Crippen LogP contribution in [0.3, 0.4) is 0 Å². The first-order chi connectivity index (χ1) is 21.3. The van der Waals surface area contributed by atoms with Crippen molar-refractivity contribution >= 4 is 0 Å². The van der Waals surface area contributed by atoms with Gasteiger partial charge in [-0.3, -0.25) is 0 Å². The number of halogens is 5. The molecule has 0 amide bonds. The van der Waals surface area contributed by atoms with Crippen LogP contribution in [0.5, 0.6) is 11.5 Å². The Morgan fingerprint density at radius 2 is 1.30 bits per heavy atom. The lowest BCUT2D eigenvalue weighted by molar-refractivity contribution is -0.224. The van der Waals surface area contributed by atoms with Crippen LogP contribution < -0.4 is 9.47 Å². The lowest BCUT2D eigenvalue weighted by Crippen LogP contribution is -2.38. The Kier molecular flexibility index (Phi) is 11.5. The van der Waals surface area contributed by atoms with E-state index in [0.29, 0.717) is 24.7 Å². The van der Waals surface area contributed by atoms with E-state index in [1.807, 2.05) is 0 Å². The van der Waals surface area contributed by atoms with Crippen molar-refractivity contribution in [2.24, 2.45) is 35.5 Å². The highest BCUT2D eigenvalue weighted by Gasteiger charge is 2.45. The van der Waals surface area contributed by atoms with Gasteiger partial charge >= 0.3 is 6.11 Å². The van der Waals surface area contributed by atoms with Gasteiger partial charge in [0.2, 0.25) is 6.86 Å². The minimum atomic E-state index is -3.40. The number of alkyl halides is 3. The van der Waals surface area contributed by atoms with Crippen molar-refractivity contribution in [3.8, 4) is 22.6 Å². The van der Waals surface area contributed by atoms with Crippen molar-refractivity contribution < 1.29 is 31.4 Å². The summed E-state index contributed by atoms with van der Waals surface area (Å²) < 4.78 is 81.4. The first-order valence-electron chi connectivity index (χ1n) is 17.1. The molecule has 0 N–H and O–H groups in total. The van der Waals surface area contributed by atoms with Crippen LogP contribution >= 0.6 is 0 Å². The van der Waals surface area contributed by atoms with Gasteiger partial charge in [-0.1, -0.05) is 51.5 Å². The van der Waals surface area contributed by atoms with Gasteiger partial charge < -0.3 is 9.47 Å². The maximum absolute atomic E-state index is 15.2. The van der Waals surface area contributed by atoms with E-state index in [9.17, 15) is 13.2 Å². The van der Waals surface area contributed by atoms with Crippen molar-refractivity contribution in [2.75, 3.05) is 6.86 Å². The molecule has 44 heavy (non-hydrogen) atoms. The Morgan fingerprint density at radius 1 is 0.705 bits per heavy atom. The maximum atomic E-state index is 15.2. The van der Waals surface area contributed by atoms with Gasteiger partial charge in [-0.2, -0.15) is 8.78 Å². The standard InChI is InChI=1S/C37H49F5O2/c1-2-3-4-5-25-6-8-26(9-7-25)27-10-12-28(13-11-27)29-14-17-31(18-15-29)37(41,42)44-32-19-20-33(34(39)23-32)30-16-21-36(43-24-38)35(40)22-30/h16,19-23,25-29,31H,2-15,17-18,24H2,1H3. The summed E-state index contributed by atoms with van der Waals surface area (Å²) in [6.45, 7) is 1.09. The quantitative estimate of drug-likeness (QED) is 0.174. The Morgan fingerprint density at radius 3 is 1.84 bits per heavy atom. The van der Waals surface area contributed by atoms with Gasteiger partial charge in [0.1, 0.15) is 11.6 Å². The smallest absolute Gasteiger partial charge is 0.400 e. The Hall–Kier alpha value is -2.31. The average molecular weight is 621 g/mol. The summed E-state index contributed by atoms with van der Waals surface area (Å²) in [5.41, 5.74) is 0.207. The highest BCUT2D eigenvalue weighted by Crippen LogP contribution is 2.48. The molecule has 3 fully saturated rings. The van der Waals surface area contributed by atoms with Gasteiger partial charge in [0.25, 0.3) is 0 Å². The van der Waals surface area contributed by atoms with Crippen LogP contribution in [0.25, 0.3) is 11.1 Å². The highest BCUT2D eigenvalue weighted by molar-refractivity contribution is 5.66. The molecule has 0 unspecified atom stereocenters. The van der Waals surface area contributed by atoms with Crippen LogP contribution in [0, 0.1) is 47.1 Å². The van der Waals surface area contributed by atoms with E-state index in [1.165, 1.54) is 101 Å². The molecule has 0 aromatic heterocycles. The lowest BCUT2D eigenvalue weighted by Gasteiger charge is -2.42. The zero-order chi connectivity index (χ0) is 31.1. The summed E-state index contributed by atoms with van der Waals surface area (Å²) >= 11 is 0. The van der Waals surface area contributed by atoms with E-state index in [2.05, 4.69) is 11.7 Å². The molecule has 3 saturated carbocycles. The predicted molar refractivity (Wildman–Crippen MR) is 164 cm³/mol. The number of unbranched alkanes of at least 4 members (excludes halogenated alkanes) is 2. The first-order valence-corrected chi connectivity index (χ1v) is 17.1. The van der Waals surface area contributed by atoms with E-state index < -0.39 is 30.5 Å². The van der Waals surface area contributed by atoms with Crippen molar-refractivity contribution in [1.82, 2.24) is 0 Å². The van der Waals surface area contributed by atoms with Crippen molar-refractivity contribution in [2.45, 2.75) is 116 Å². The van der Waals surface area contributed by atoms with E-state index in [4.69, 9.17) is 4.74 Å². The molecule has 3 aliphatic carbocycles. The van der Waals surface area contributed by atoms with Crippen LogP contribution in [-0.2, 0) is 0 Å². The summed E-state index contributed by atoms with van der Waals surface area (Å²) in [5.74, 6) is 0.764. The van der Waals surface area contributed by atoms with Crippen LogP contribution in [0.2, 0.25) is 0 Å². The second kappa shape index (κ2) is 15.3. The molecule has 244 valence electrons. The fraction of sp³-hybridized carbons (Fsp3) is 0.676. The summed E-state index contributed by atoms with van der Waals surface area (Å²) in [5, 5.41) is 0. The van der Waals surface area contributed by atoms with E-state index in [0.717, 1.165) is 42.7 Å². The highest BCUT2D eigenvalue weighted by atomic mass is 19.3. The van der Waals surface area contributed by atoms with Crippen LogP contribution in [0.15, 0.2) is 36.4 Å². The molecule has 0 saturated heterocycles. The fourth-order valence-electron chi connectivity index (χ4n) is 8.52. The molecule has 2 aromatic carbocycles. The van der Waals surface area contributed by atoms with Crippen LogP contribution in [-0.4, -0.2) is 13.0 Å². The molecule has 0 bridgehead atoms. The van der Waals surface area contributed by atoms with Gasteiger partial charge in [0.05, 0.1) is 5.92 Å². The van der Waals surface area contributed by atoms with Gasteiger partial charge in [0, 0.05) is 11.6 Å². The van der Waals surface area contributed by atoms with Gasteiger partial charge in [-0.15, -0.1) is 0 Å². The second-order valence-corrected chi connectivity index (χ2v) is 13.8. The second-order valence-electron chi connectivity index (χ2n) is 13.8. The molecule has 0 radical (unpaired) electrons. The number of hydrogen-bond acceptors (Lipinski definition) is 2. The fourth-order valence-corrected chi connectivity index (χ4v) is 8.52. The molecule has 0 atom stereocenters. The molecular formula is C37H49F5O2. The van der Waals surface area contributed by atoms with Gasteiger partial charge in [-0.25, -0.2) is 13.2 Å². The zero-order valence-corrected chi connectivity index (χ0v) is 26.2. The Balaban J connectivity index is 1.07. The van der Waals surface area contributed by atoms with E-state index in [-0.39, 0.29) is 22.6 Å². The number of ether oxygens (including phenoxy) is 2. The topological polar surface area (TPSA) is 18.5 Å². The number of rotatable bonds is 12. The molecule has 2 aromatic rings. The maximum Gasteiger partial charge on any atom is 0.400 e. The third kappa shape index (κ3) is 8.28. The third-order valence-corrected chi connectivity index (χ3v) is 11.2. The van der Waals surface area contributed by atoms with Crippen LogP contribution in [0.1, 0.15) is 110 Å². The molecule has 0 spiro atoms. The Labute approximate surface area is 260 Å². The minimum Gasteiger partial charge on any atom is -0.460 e. The predicted octanol–water partition coefficient (Wildman–Crippen LogP) is 11.9. The number of benzene rings is 2. The lowest BCUT2D eigenvalue weighted by atomic mass is 9.65. The molecule has 3 aliphatic rings. The Bertz CT molecular complexity index is 1180. The average Bonchev–Trinajstić information content (AvgIpc) is 3.03. The van der Waals surface area contributed by atoms with Crippen LogP contribution in [0.4, 0.5) is 22.0 Å². The summed E-state index contributed by atoms with van der Waals surface area (Å²) in [4.78, 5) is 0. The van der Waals surface area contributed by atoms with Gasteiger partial charge in [-0.05, 0) is 124 Å². The first kappa shape index (κ1) is 33.1. The molecule has 0 heterocycles. The SMILES string of the molecule is CCCCCC1CCC(C2CCC(C3CCC(C(F)(F)Oc4ccc(-c5ccc(OCF)c(F)c5)c(F)c4)CC3)CC2)CC1. The van der Waals surface area contributed by atoms with Crippen molar-refractivity contribution in [1.29, 1.82) is 0 Å². The summed E-state index contributed by atoms with van der Waals surface area (Å²) in [7, 11) is 0. The largest absolute Gasteiger partial charge is 0.460 e. The number of hydrogen-bond donors (Lipinski definition) is 0. The van der Waals surface area contributed by atoms with Crippen molar-refractivity contribution in [3.63, 3.8) is 0 Å². The van der Waals surface area contributed by atoms with E-state index in [1.54, 1.807) is 0 Å². The monoisotopic (exact) mass is 620 g/mol. The normalized spacial score (nSPS) is 28.0. The molecular weight excluding hydrogens is 571 g/mol. The third-order valence-electron chi connectivity index (χ3n) is 11.2. The molecule has 5 rings (SSSR count).